The van der Waals surface area contributed by atoms with Crippen LogP contribution in [0.25, 0.3) is 5.69 Å². The Bertz CT molecular complexity index is 638. The third-order valence-corrected chi connectivity index (χ3v) is 2.64. The topological polar surface area (TPSA) is 99.9 Å². The SMILES string of the molecule is CC(C)c1c(N)nnn1-c1ccc(F)cc1[N+](=O)[O-]. The highest BCUT2D eigenvalue weighted by atomic mass is 19.1. The van der Waals surface area contributed by atoms with Gasteiger partial charge in [0.25, 0.3) is 5.69 Å². The van der Waals surface area contributed by atoms with Crippen molar-refractivity contribution in [2.75, 3.05) is 5.73 Å². The molecule has 0 unspecified atom stereocenters. The number of nitrogen functional groups attached to an aromatic ring is 1. The van der Waals surface area contributed by atoms with Crippen LogP contribution in [0.15, 0.2) is 18.2 Å². The summed E-state index contributed by atoms with van der Waals surface area (Å²) >= 11 is 0. The summed E-state index contributed by atoms with van der Waals surface area (Å²) in [7, 11) is 0. The van der Waals surface area contributed by atoms with Crippen molar-refractivity contribution in [3.63, 3.8) is 0 Å². The maximum absolute atomic E-state index is 13.1. The number of aromatic nitrogens is 3. The zero-order valence-electron chi connectivity index (χ0n) is 10.4. The molecule has 2 N–H and O–H groups in total. The van der Waals surface area contributed by atoms with Gasteiger partial charge < -0.3 is 5.73 Å². The van der Waals surface area contributed by atoms with Gasteiger partial charge in [0.2, 0.25) is 0 Å². The maximum Gasteiger partial charge on any atom is 0.297 e. The van der Waals surface area contributed by atoms with Crippen molar-refractivity contribution in [1.82, 2.24) is 15.0 Å². The van der Waals surface area contributed by atoms with E-state index in [9.17, 15) is 14.5 Å². The Morgan fingerprint density at radius 2 is 2.16 bits per heavy atom. The second kappa shape index (κ2) is 4.63. The molecule has 0 bridgehead atoms. The molecule has 0 aliphatic rings. The van der Waals surface area contributed by atoms with Gasteiger partial charge in [0.1, 0.15) is 11.5 Å². The minimum Gasteiger partial charge on any atom is -0.381 e. The van der Waals surface area contributed by atoms with E-state index in [1.807, 2.05) is 13.8 Å². The Kier molecular flexibility index (Phi) is 3.16. The van der Waals surface area contributed by atoms with Gasteiger partial charge >= 0.3 is 0 Å². The average molecular weight is 265 g/mol. The highest BCUT2D eigenvalue weighted by Crippen LogP contribution is 2.28. The molecule has 19 heavy (non-hydrogen) atoms. The average Bonchev–Trinajstić information content (AvgIpc) is 2.70. The van der Waals surface area contributed by atoms with Crippen molar-refractivity contribution in [3.8, 4) is 5.69 Å². The lowest BCUT2D eigenvalue weighted by Gasteiger charge is -2.09. The number of hydrogen-bond acceptors (Lipinski definition) is 5. The molecule has 8 heteroatoms. The van der Waals surface area contributed by atoms with Crippen LogP contribution in [0, 0.1) is 15.9 Å². The Balaban J connectivity index is 2.69. The predicted octanol–water partition coefficient (Wildman–Crippen LogP) is 2.02. The van der Waals surface area contributed by atoms with E-state index in [-0.39, 0.29) is 23.1 Å². The molecule has 0 radical (unpaired) electrons. The molecule has 0 atom stereocenters. The normalized spacial score (nSPS) is 10.9. The highest BCUT2D eigenvalue weighted by molar-refractivity contribution is 5.54. The van der Waals surface area contributed by atoms with Crippen molar-refractivity contribution < 1.29 is 9.31 Å². The molecule has 0 saturated carbocycles. The number of benzene rings is 1. The minimum absolute atomic E-state index is 0.0281. The van der Waals surface area contributed by atoms with Gasteiger partial charge in [-0.25, -0.2) is 9.07 Å². The van der Waals surface area contributed by atoms with Gasteiger partial charge in [0.05, 0.1) is 16.7 Å². The zero-order valence-corrected chi connectivity index (χ0v) is 10.4. The molecule has 0 fully saturated rings. The highest BCUT2D eigenvalue weighted by Gasteiger charge is 2.22. The lowest BCUT2D eigenvalue weighted by molar-refractivity contribution is -0.384. The van der Waals surface area contributed by atoms with Gasteiger partial charge in [-0.3, -0.25) is 10.1 Å². The van der Waals surface area contributed by atoms with E-state index in [1.165, 1.54) is 10.7 Å². The number of nitrogens with zero attached hydrogens (tertiary/aromatic N) is 4. The summed E-state index contributed by atoms with van der Waals surface area (Å²) in [6.45, 7) is 3.72. The second-order valence-corrected chi connectivity index (χ2v) is 4.32. The van der Waals surface area contributed by atoms with Gasteiger partial charge in [-0.2, -0.15) is 0 Å². The van der Waals surface area contributed by atoms with Crippen LogP contribution >= 0.6 is 0 Å². The minimum atomic E-state index is -0.686. The Morgan fingerprint density at radius 1 is 1.47 bits per heavy atom. The van der Waals surface area contributed by atoms with Crippen molar-refractivity contribution in [2.45, 2.75) is 19.8 Å². The Hall–Kier alpha value is -2.51. The number of hydrogen-bond donors (Lipinski definition) is 1. The number of anilines is 1. The molecule has 0 aliphatic carbocycles. The van der Waals surface area contributed by atoms with Crippen LogP contribution in [0.2, 0.25) is 0 Å². The molecule has 2 rings (SSSR count). The monoisotopic (exact) mass is 265 g/mol. The van der Waals surface area contributed by atoms with Crippen LogP contribution in [0.5, 0.6) is 0 Å². The van der Waals surface area contributed by atoms with E-state index in [1.54, 1.807) is 0 Å². The zero-order chi connectivity index (χ0) is 14.2. The Labute approximate surface area is 108 Å². The van der Waals surface area contributed by atoms with E-state index in [0.29, 0.717) is 5.69 Å². The molecular formula is C11H12FN5O2. The number of nitro groups is 1. The molecule has 0 amide bonds. The third-order valence-electron chi connectivity index (χ3n) is 2.64. The summed E-state index contributed by atoms with van der Waals surface area (Å²) in [5.41, 5.74) is 6.00. The largest absolute Gasteiger partial charge is 0.381 e. The van der Waals surface area contributed by atoms with Crippen LogP contribution in [-0.4, -0.2) is 19.9 Å². The van der Waals surface area contributed by atoms with Crippen molar-refractivity contribution >= 4 is 11.5 Å². The van der Waals surface area contributed by atoms with Crippen LogP contribution in [0.4, 0.5) is 15.9 Å². The molecular weight excluding hydrogens is 253 g/mol. The van der Waals surface area contributed by atoms with E-state index in [2.05, 4.69) is 10.3 Å². The van der Waals surface area contributed by atoms with Crippen LogP contribution < -0.4 is 5.73 Å². The summed E-state index contributed by atoms with van der Waals surface area (Å²) < 4.78 is 14.4. The van der Waals surface area contributed by atoms with Gasteiger partial charge in [-0.05, 0) is 18.1 Å². The first-order valence-corrected chi connectivity index (χ1v) is 5.57. The Morgan fingerprint density at radius 3 is 2.74 bits per heavy atom. The lowest BCUT2D eigenvalue weighted by atomic mass is 10.1. The maximum atomic E-state index is 13.1. The molecule has 1 aromatic carbocycles. The predicted molar refractivity (Wildman–Crippen MR) is 66.5 cm³/mol. The molecule has 7 nitrogen and oxygen atoms in total. The first kappa shape index (κ1) is 12.9. The number of nitro benzene ring substituents is 1. The molecule has 1 heterocycles. The molecule has 0 saturated heterocycles. The smallest absolute Gasteiger partial charge is 0.297 e. The molecule has 0 spiro atoms. The quantitative estimate of drug-likeness (QED) is 0.676. The van der Waals surface area contributed by atoms with Crippen LogP contribution in [-0.2, 0) is 0 Å². The fraction of sp³-hybridized carbons (Fsp3) is 0.273. The standard InChI is InChI=1S/C11H12FN5O2/c1-6(2)10-11(13)14-15-16(10)8-4-3-7(12)5-9(8)17(18)19/h3-6H,13H2,1-2H3. The molecule has 100 valence electrons. The summed E-state index contributed by atoms with van der Waals surface area (Å²) in [5.74, 6) is -0.511. The van der Waals surface area contributed by atoms with E-state index < -0.39 is 10.7 Å². The summed E-state index contributed by atoms with van der Waals surface area (Å²) in [6.07, 6.45) is 0. The van der Waals surface area contributed by atoms with Crippen molar-refractivity contribution in [3.05, 3.63) is 39.8 Å². The van der Waals surface area contributed by atoms with Crippen molar-refractivity contribution in [2.24, 2.45) is 0 Å². The van der Waals surface area contributed by atoms with Gasteiger partial charge in [0, 0.05) is 0 Å². The van der Waals surface area contributed by atoms with Gasteiger partial charge in [0.15, 0.2) is 5.82 Å². The summed E-state index contributed by atoms with van der Waals surface area (Å²) in [5, 5.41) is 18.5. The van der Waals surface area contributed by atoms with Gasteiger partial charge in [-0.1, -0.05) is 19.1 Å². The number of nitrogens with two attached hydrogens (primary N) is 1. The van der Waals surface area contributed by atoms with E-state index in [0.717, 1.165) is 12.1 Å². The molecule has 1 aromatic heterocycles. The fourth-order valence-electron chi connectivity index (χ4n) is 1.84. The van der Waals surface area contributed by atoms with E-state index in [4.69, 9.17) is 5.73 Å². The van der Waals surface area contributed by atoms with Crippen molar-refractivity contribution in [1.29, 1.82) is 0 Å². The molecule has 2 aromatic rings. The van der Waals surface area contributed by atoms with Crippen LogP contribution in [0.3, 0.4) is 0 Å². The fourth-order valence-corrected chi connectivity index (χ4v) is 1.84. The van der Waals surface area contributed by atoms with E-state index >= 15 is 0 Å². The lowest BCUT2D eigenvalue weighted by Crippen LogP contribution is -2.08. The number of halogens is 1. The summed E-state index contributed by atoms with van der Waals surface area (Å²) in [4.78, 5) is 10.3. The third kappa shape index (κ3) is 2.24. The second-order valence-electron chi connectivity index (χ2n) is 4.32. The van der Waals surface area contributed by atoms with Crippen LogP contribution in [0.1, 0.15) is 25.5 Å². The first-order valence-electron chi connectivity index (χ1n) is 5.57. The summed E-state index contributed by atoms with van der Waals surface area (Å²) in [6, 6.07) is 3.26. The first-order chi connectivity index (χ1) is 8.91. The number of rotatable bonds is 3. The molecule has 0 aliphatic heterocycles. The van der Waals surface area contributed by atoms with Gasteiger partial charge in [-0.15, -0.1) is 5.10 Å².